The molecule has 1 aromatic rings. The Labute approximate surface area is 108 Å². The molecule has 2 aliphatic carbocycles. The third-order valence-electron chi connectivity index (χ3n) is 3.94. The topological polar surface area (TPSA) is 46.3 Å². The summed E-state index contributed by atoms with van der Waals surface area (Å²) < 4.78 is 5.61. The van der Waals surface area contributed by atoms with Crippen LogP contribution in [0.5, 0.6) is 0 Å². The molecule has 1 aromatic heterocycles. The number of rotatable bonds is 3. The van der Waals surface area contributed by atoms with E-state index < -0.39 is 0 Å². The molecule has 0 radical (unpaired) electrons. The molecule has 0 bridgehead atoms. The van der Waals surface area contributed by atoms with Crippen molar-refractivity contribution in [3.8, 4) is 0 Å². The molecule has 0 aromatic carbocycles. The minimum Gasteiger partial charge on any atom is -0.393 e. The van der Waals surface area contributed by atoms with Crippen molar-refractivity contribution in [3.63, 3.8) is 0 Å². The quantitative estimate of drug-likeness (QED) is 0.887. The lowest BCUT2D eigenvalue weighted by molar-refractivity contribution is 0.166. The van der Waals surface area contributed by atoms with Gasteiger partial charge in [-0.15, -0.1) is 0 Å². The third-order valence-corrected chi connectivity index (χ3v) is 3.94. The van der Waals surface area contributed by atoms with Crippen molar-refractivity contribution in [1.29, 1.82) is 0 Å². The van der Waals surface area contributed by atoms with Gasteiger partial charge in [-0.1, -0.05) is 25.1 Å². The first kappa shape index (κ1) is 12.0. The van der Waals surface area contributed by atoms with Crippen LogP contribution in [0.15, 0.2) is 10.6 Å². The number of hydrogen-bond donors (Lipinski definition) is 1. The van der Waals surface area contributed by atoms with Gasteiger partial charge < -0.3 is 9.63 Å². The molecule has 0 aliphatic heterocycles. The molecule has 0 amide bonds. The summed E-state index contributed by atoms with van der Waals surface area (Å²) in [5.74, 6) is 2.08. The van der Waals surface area contributed by atoms with E-state index in [0.717, 1.165) is 30.7 Å². The normalized spacial score (nSPS) is 24.4. The van der Waals surface area contributed by atoms with Gasteiger partial charge in [-0.25, -0.2) is 0 Å². The minimum atomic E-state index is -0.166. The summed E-state index contributed by atoms with van der Waals surface area (Å²) in [7, 11) is 0. The van der Waals surface area contributed by atoms with E-state index >= 15 is 0 Å². The average Bonchev–Trinajstić information content (AvgIpc) is 3.09. The van der Waals surface area contributed by atoms with Gasteiger partial charge in [0.25, 0.3) is 0 Å². The van der Waals surface area contributed by atoms with Crippen molar-refractivity contribution in [1.82, 2.24) is 5.16 Å². The van der Waals surface area contributed by atoms with Gasteiger partial charge in [0.15, 0.2) is 0 Å². The summed E-state index contributed by atoms with van der Waals surface area (Å²) in [4.78, 5) is 0. The number of allylic oxidation sites excluding steroid dienone is 1. The van der Waals surface area contributed by atoms with Crippen LogP contribution in [0.1, 0.15) is 74.8 Å². The number of aromatic nitrogens is 1. The van der Waals surface area contributed by atoms with E-state index in [4.69, 9.17) is 4.52 Å². The largest absolute Gasteiger partial charge is 0.393 e. The Morgan fingerprint density at radius 2 is 2.11 bits per heavy atom. The summed E-state index contributed by atoms with van der Waals surface area (Å²) in [6, 6.07) is 0. The van der Waals surface area contributed by atoms with Crippen LogP contribution in [0.2, 0.25) is 0 Å². The molecule has 3 nitrogen and oxygen atoms in total. The van der Waals surface area contributed by atoms with E-state index in [-0.39, 0.29) is 6.10 Å². The molecule has 3 rings (SSSR count). The zero-order valence-electron chi connectivity index (χ0n) is 11.1. The van der Waals surface area contributed by atoms with Crippen molar-refractivity contribution in [2.45, 2.75) is 63.9 Å². The maximum atomic E-state index is 9.61. The lowest BCUT2D eigenvalue weighted by Gasteiger charge is -2.18. The SMILES string of the molecule is CC(C)c1noc(C2CC2)c1C1=CCC(O)CC1. The van der Waals surface area contributed by atoms with Crippen molar-refractivity contribution in [2.24, 2.45) is 0 Å². The summed E-state index contributed by atoms with van der Waals surface area (Å²) in [6.07, 6.45) is 7.05. The zero-order valence-corrected chi connectivity index (χ0v) is 11.1. The maximum Gasteiger partial charge on any atom is 0.147 e. The van der Waals surface area contributed by atoms with Crippen molar-refractivity contribution in [2.75, 3.05) is 0 Å². The second-order valence-electron chi connectivity index (χ2n) is 5.89. The standard InChI is InChI=1S/C15H21NO2/c1-9(2)14-13(10-5-7-12(17)8-6-10)15(18-16-14)11-3-4-11/h5,9,11-12,17H,3-4,6-8H2,1-2H3. The molecule has 2 aliphatic rings. The first-order valence-corrected chi connectivity index (χ1v) is 7.03. The van der Waals surface area contributed by atoms with Crippen LogP contribution in [0, 0.1) is 0 Å². The molecule has 1 N–H and O–H groups in total. The maximum absolute atomic E-state index is 9.61. The molecule has 1 saturated carbocycles. The fraction of sp³-hybridized carbons (Fsp3) is 0.667. The van der Waals surface area contributed by atoms with E-state index in [1.54, 1.807) is 0 Å². The second-order valence-corrected chi connectivity index (χ2v) is 5.89. The highest BCUT2D eigenvalue weighted by Crippen LogP contribution is 2.46. The first-order valence-electron chi connectivity index (χ1n) is 7.03. The Balaban J connectivity index is 2.00. The molecule has 98 valence electrons. The van der Waals surface area contributed by atoms with Gasteiger partial charge in [0.1, 0.15) is 5.76 Å². The highest BCUT2D eigenvalue weighted by molar-refractivity contribution is 5.70. The Morgan fingerprint density at radius 1 is 1.33 bits per heavy atom. The van der Waals surface area contributed by atoms with Gasteiger partial charge in [-0.05, 0) is 43.6 Å². The smallest absolute Gasteiger partial charge is 0.147 e. The average molecular weight is 247 g/mol. The fourth-order valence-electron chi connectivity index (χ4n) is 2.70. The number of aliphatic hydroxyl groups excluding tert-OH is 1. The second kappa shape index (κ2) is 4.54. The first-order chi connectivity index (χ1) is 8.66. The molecule has 1 atom stereocenters. The molecular formula is C15H21NO2. The molecular weight excluding hydrogens is 226 g/mol. The van der Waals surface area contributed by atoms with E-state index in [1.165, 1.54) is 24.0 Å². The third kappa shape index (κ3) is 2.12. The van der Waals surface area contributed by atoms with Gasteiger partial charge in [-0.2, -0.15) is 0 Å². The summed E-state index contributed by atoms with van der Waals surface area (Å²) >= 11 is 0. The molecule has 0 saturated heterocycles. The van der Waals surface area contributed by atoms with E-state index in [0.29, 0.717) is 11.8 Å². The number of aliphatic hydroxyl groups is 1. The van der Waals surface area contributed by atoms with Crippen LogP contribution in [0.4, 0.5) is 0 Å². The van der Waals surface area contributed by atoms with Gasteiger partial charge >= 0.3 is 0 Å². The van der Waals surface area contributed by atoms with Gasteiger partial charge in [0.05, 0.1) is 11.8 Å². The zero-order chi connectivity index (χ0) is 12.7. The Kier molecular flexibility index (Phi) is 3.02. The van der Waals surface area contributed by atoms with Crippen molar-refractivity contribution >= 4 is 5.57 Å². The number of nitrogens with zero attached hydrogens (tertiary/aromatic N) is 1. The van der Waals surface area contributed by atoms with Crippen LogP contribution in [0.3, 0.4) is 0 Å². The van der Waals surface area contributed by atoms with E-state index in [1.807, 2.05) is 0 Å². The summed E-state index contributed by atoms with van der Waals surface area (Å²) in [5.41, 5.74) is 3.70. The van der Waals surface area contributed by atoms with Crippen LogP contribution >= 0.6 is 0 Å². The molecule has 1 fully saturated rings. The van der Waals surface area contributed by atoms with Crippen LogP contribution in [-0.4, -0.2) is 16.4 Å². The highest BCUT2D eigenvalue weighted by Gasteiger charge is 2.34. The number of hydrogen-bond acceptors (Lipinski definition) is 3. The Morgan fingerprint density at radius 3 is 2.67 bits per heavy atom. The molecule has 1 unspecified atom stereocenters. The predicted molar refractivity (Wildman–Crippen MR) is 70.4 cm³/mol. The Hall–Kier alpha value is -1.09. The minimum absolute atomic E-state index is 0.166. The van der Waals surface area contributed by atoms with E-state index in [9.17, 15) is 5.11 Å². The van der Waals surface area contributed by atoms with Crippen LogP contribution < -0.4 is 0 Å². The molecule has 18 heavy (non-hydrogen) atoms. The molecule has 3 heteroatoms. The van der Waals surface area contributed by atoms with Crippen molar-refractivity contribution < 1.29 is 9.63 Å². The van der Waals surface area contributed by atoms with E-state index in [2.05, 4.69) is 25.1 Å². The molecule has 0 spiro atoms. The summed E-state index contributed by atoms with van der Waals surface area (Å²) in [5, 5.41) is 13.9. The Bertz CT molecular complexity index is 449. The van der Waals surface area contributed by atoms with Crippen LogP contribution in [-0.2, 0) is 0 Å². The van der Waals surface area contributed by atoms with Gasteiger partial charge in [-0.3, -0.25) is 0 Å². The summed E-state index contributed by atoms with van der Waals surface area (Å²) in [6.45, 7) is 4.33. The van der Waals surface area contributed by atoms with Crippen LogP contribution in [0.25, 0.3) is 5.57 Å². The predicted octanol–water partition coefficient (Wildman–Crippen LogP) is 3.60. The van der Waals surface area contributed by atoms with Gasteiger partial charge in [0, 0.05) is 11.5 Å². The van der Waals surface area contributed by atoms with Gasteiger partial charge in [0.2, 0.25) is 0 Å². The fourth-order valence-corrected chi connectivity index (χ4v) is 2.70. The monoisotopic (exact) mass is 247 g/mol. The lowest BCUT2D eigenvalue weighted by atomic mass is 9.88. The molecule has 1 heterocycles. The highest BCUT2D eigenvalue weighted by atomic mass is 16.5. The lowest BCUT2D eigenvalue weighted by Crippen LogP contribution is -2.10. The van der Waals surface area contributed by atoms with Crippen molar-refractivity contribution in [3.05, 3.63) is 23.1 Å².